The van der Waals surface area contributed by atoms with Crippen molar-refractivity contribution in [3.05, 3.63) is 0 Å². The van der Waals surface area contributed by atoms with Gasteiger partial charge in [-0.05, 0) is 0 Å². The first-order chi connectivity index (χ1) is 5.31. The van der Waals surface area contributed by atoms with Crippen LogP contribution in [-0.4, -0.2) is 28.0 Å². The van der Waals surface area contributed by atoms with E-state index in [1.165, 1.54) is 12.8 Å². The topological polar surface area (TPSA) is 26.3 Å². The molecule has 12 heavy (non-hydrogen) atoms. The number of hydrogen-bond acceptors (Lipinski definition) is 3. The Morgan fingerprint density at radius 1 is 1.33 bits per heavy atom. The summed E-state index contributed by atoms with van der Waals surface area (Å²) >= 11 is -0.605. The molecule has 0 fully saturated rings. The summed E-state index contributed by atoms with van der Waals surface area (Å²) in [6.07, 6.45) is 5.25. The molecule has 0 aromatic rings. The molecular weight excluding hydrogens is 282 g/mol. The van der Waals surface area contributed by atoms with E-state index in [0.29, 0.717) is 6.42 Å². The van der Waals surface area contributed by atoms with Crippen LogP contribution in [0.1, 0.15) is 39.0 Å². The van der Waals surface area contributed by atoms with Crippen molar-refractivity contribution in [2.45, 2.75) is 43.9 Å². The Hall–Kier alpha value is 0.638. The van der Waals surface area contributed by atoms with Gasteiger partial charge in [-0.1, -0.05) is 0 Å². The second-order valence-corrected chi connectivity index (χ2v) is 4.02. The molecule has 0 heterocycles. The fourth-order valence-electron chi connectivity index (χ4n) is 0.844. The molecule has 0 bridgehead atoms. The van der Waals surface area contributed by atoms with Crippen molar-refractivity contribution in [1.82, 2.24) is 0 Å². The van der Waals surface area contributed by atoms with E-state index >= 15 is 0 Å². The Labute approximate surface area is 93.0 Å². The Balaban J connectivity index is 0. The van der Waals surface area contributed by atoms with Gasteiger partial charge in [0.1, 0.15) is 0 Å². The maximum atomic E-state index is 10.8. The quantitative estimate of drug-likeness (QED) is 0.324. The molecule has 73 valence electrons. The Bertz CT molecular complexity index is 109. The minimum atomic E-state index is -0.605. The van der Waals surface area contributed by atoms with Crippen molar-refractivity contribution in [1.29, 1.82) is 0 Å². The number of carbonyl (C=O) groups excluding carboxylic acids is 1. The van der Waals surface area contributed by atoms with Gasteiger partial charge in [0.05, 0.1) is 0 Å². The van der Waals surface area contributed by atoms with Gasteiger partial charge in [-0.15, -0.1) is 0 Å². The van der Waals surface area contributed by atoms with Crippen LogP contribution >= 0.6 is 0 Å². The van der Waals surface area contributed by atoms with Gasteiger partial charge in [-0.3, -0.25) is 0 Å². The fourth-order valence-corrected chi connectivity index (χ4v) is 1.69. The van der Waals surface area contributed by atoms with Crippen molar-refractivity contribution in [2.24, 2.45) is 0 Å². The molecule has 0 N–H and O–H groups in total. The summed E-state index contributed by atoms with van der Waals surface area (Å²) in [6, 6.07) is 0. The van der Waals surface area contributed by atoms with Crippen LogP contribution < -0.4 is 0 Å². The smallest absolute Gasteiger partial charge is 0.813 e. The van der Waals surface area contributed by atoms with E-state index in [9.17, 15) is 4.79 Å². The van der Waals surface area contributed by atoms with Crippen molar-refractivity contribution in [3.8, 4) is 0 Å². The maximum Gasteiger partial charge on any atom is -0.813 e. The zero-order chi connectivity index (χ0) is 8.53. The van der Waals surface area contributed by atoms with E-state index in [1.807, 2.05) is 4.87 Å². The van der Waals surface area contributed by atoms with Crippen LogP contribution in [0, 0.1) is 0 Å². The van der Waals surface area contributed by atoms with Gasteiger partial charge in [0.2, 0.25) is 0 Å². The van der Waals surface area contributed by atoms with Crippen LogP contribution in [0.25, 0.3) is 0 Å². The molecule has 0 amide bonds. The van der Waals surface area contributed by atoms with E-state index in [2.05, 4.69) is 6.92 Å². The van der Waals surface area contributed by atoms with E-state index in [4.69, 9.17) is 3.02 Å². The largest absolute Gasteiger partial charge is 0.813 e. The minimum absolute atomic E-state index is 0. The summed E-state index contributed by atoms with van der Waals surface area (Å²) in [6.45, 7) is 2.16. The number of carbonyl (C=O) groups is 1. The molecule has 0 saturated carbocycles. The van der Waals surface area contributed by atoms with E-state index < -0.39 is 22.0 Å². The molecular formula is C8H17O2SSb-. The summed E-state index contributed by atoms with van der Waals surface area (Å²) in [7, 11) is 0. The number of thiol groups is 1. The summed E-state index contributed by atoms with van der Waals surface area (Å²) in [5.74, 6) is 0.0144. The molecule has 0 aliphatic carbocycles. The van der Waals surface area contributed by atoms with E-state index in [-0.39, 0.29) is 19.5 Å². The van der Waals surface area contributed by atoms with Gasteiger partial charge in [-0.2, -0.15) is 0 Å². The van der Waals surface area contributed by atoms with E-state index in [1.54, 1.807) is 0 Å². The van der Waals surface area contributed by atoms with Crippen molar-refractivity contribution in [2.75, 3.05) is 0 Å². The van der Waals surface area contributed by atoms with Gasteiger partial charge in [0.15, 0.2) is 0 Å². The average molecular weight is 299 g/mol. The fraction of sp³-hybridized carbons (Fsp3) is 0.875. The predicted molar refractivity (Wildman–Crippen MR) is 55.2 cm³/mol. The molecule has 2 nitrogen and oxygen atoms in total. The third-order valence-corrected chi connectivity index (χ3v) is 2.53. The molecule has 0 aliphatic rings. The third-order valence-electron chi connectivity index (χ3n) is 1.43. The molecule has 0 aromatic heterocycles. The second kappa shape index (κ2) is 11.6. The van der Waals surface area contributed by atoms with Crippen LogP contribution in [-0.2, 0) is 21.3 Å². The monoisotopic (exact) mass is 298 g/mol. The van der Waals surface area contributed by atoms with Gasteiger partial charge >= 0.3 is 79.7 Å². The van der Waals surface area contributed by atoms with Gasteiger partial charge in [-0.25, -0.2) is 0 Å². The Kier molecular flexibility index (Phi) is 14.7. The molecule has 4 heteroatoms. The molecule has 0 unspecified atom stereocenters. The standard InChI is InChI=1S/C7H14O2.CH3.H2S.Sb/c1-2-3-4-5-6-7(8)9;;;/h2-6H2,1H3,(H,8,9);1H3;1H2;/q;;;+1/p-2. The zero-order valence-corrected chi connectivity index (χ0v) is 11.2. The van der Waals surface area contributed by atoms with Gasteiger partial charge in [0.25, 0.3) is 0 Å². The first kappa shape index (κ1) is 15.1. The van der Waals surface area contributed by atoms with Crippen LogP contribution in [0.4, 0.5) is 0 Å². The van der Waals surface area contributed by atoms with Crippen molar-refractivity contribution in [3.63, 3.8) is 0 Å². The van der Waals surface area contributed by atoms with Crippen LogP contribution in [0.5, 0.6) is 0 Å². The molecule has 0 saturated heterocycles. The number of unbranched alkanes of at least 4 members (excludes halogenated alkanes) is 3. The summed E-state index contributed by atoms with van der Waals surface area (Å²) in [5, 5.41) is 0. The third kappa shape index (κ3) is 10.6. The van der Waals surface area contributed by atoms with Gasteiger partial charge in [0, 0.05) is 0 Å². The first-order valence-corrected chi connectivity index (χ1v) is 7.69. The molecule has 1 radical (unpaired) electrons. The molecule has 0 spiro atoms. The van der Waals surface area contributed by atoms with Crippen LogP contribution in [0.2, 0.25) is 4.87 Å². The number of rotatable bonds is 6. The molecule has 0 atom stereocenters. The Morgan fingerprint density at radius 2 is 2.00 bits per heavy atom. The summed E-state index contributed by atoms with van der Waals surface area (Å²) in [5.41, 5.74) is 0. The van der Waals surface area contributed by atoms with Crippen LogP contribution in [0.3, 0.4) is 0 Å². The second-order valence-electron chi connectivity index (χ2n) is 2.46. The SMILES string of the molecule is CCCCCCC(=O)[O][Sb][CH3].[SH-]. The molecule has 0 aliphatic heterocycles. The summed E-state index contributed by atoms with van der Waals surface area (Å²) in [4.78, 5) is 12.8. The van der Waals surface area contributed by atoms with Crippen molar-refractivity contribution < 1.29 is 7.81 Å². The number of hydrogen-bond donors (Lipinski definition) is 0. The minimum Gasteiger partial charge on any atom is -0.813 e. The zero-order valence-electron chi connectivity index (χ0n) is 7.75. The normalized spacial score (nSPS) is 8.83. The summed E-state index contributed by atoms with van der Waals surface area (Å²) < 4.78 is 4.93. The van der Waals surface area contributed by atoms with Gasteiger partial charge < -0.3 is 13.5 Å². The Morgan fingerprint density at radius 3 is 2.50 bits per heavy atom. The van der Waals surface area contributed by atoms with E-state index in [0.717, 1.165) is 12.8 Å². The molecule has 0 rings (SSSR count). The van der Waals surface area contributed by atoms with Crippen LogP contribution in [0.15, 0.2) is 0 Å². The maximum absolute atomic E-state index is 10.8. The first-order valence-electron chi connectivity index (χ1n) is 4.10. The molecule has 0 aromatic carbocycles. The predicted octanol–water partition coefficient (Wildman–Crippen LogP) is 1.90. The average Bonchev–Trinajstić information content (AvgIpc) is 1.99. The van der Waals surface area contributed by atoms with Crippen molar-refractivity contribution >= 4 is 41.5 Å².